The molecule has 0 amide bonds. The minimum atomic E-state index is -0.349. The van der Waals surface area contributed by atoms with Gasteiger partial charge in [-0.15, -0.1) is 0 Å². The normalized spacial score (nSPS) is 10.0. The number of hydrogen-bond donors (Lipinski definition) is 0. The van der Waals surface area contributed by atoms with Gasteiger partial charge in [-0.25, -0.2) is 0 Å². The van der Waals surface area contributed by atoms with Crippen LogP contribution in [0.5, 0.6) is 17.2 Å². The van der Waals surface area contributed by atoms with Crippen LogP contribution in [0.4, 0.5) is 0 Å². The second-order valence-electron chi connectivity index (χ2n) is 5.11. The lowest BCUT2D eigenvalue weighted by Crippen LogP contribution is -2.09. The predicted octanol–water partition coefficient (Wildman–Crippen LogP) is 2.88. The molecule has 0 fully saturated rings. The molecule has 0 aromatic heterocycles. The molecule has 2 aromatic rings. The molecule has 2 rings (SSSR count). The van der Waals surface area contributed by atoms with Crippen LogP contribution < -0.4 is 14.2 Å². The summed E-state index contributed by atoms with van der Waals surface area (Å²) in [6.07, 6.45) is 0. The summed E-state index contributed by atoms with van der Waals surface area (Å²) in [4.78, 5) is 23.3. The summed E-state index contributed by atoms with van der Waals surface area (Å²) in [5.74, 6) is 1.14. The standard InChI is InChI=1S/C19H20O6/c1-13(20)24-10-11-25-15-6-4-14(5-7-15)19(21)17-9-8-16(22-2)12-18(17)23-3/h4-9,12H,10-11H2,1-3H3. The largest absolute Gasteiger partial charge is 0.497 e. The van der Waals surface area contributed by atoms with Gasteiger partial charge in [-0.2, -0.15) is 0 Å². The average Bonchev–Trinajstić information content (AvgIpc) is 2.64. The monoisotopic (exact) mass is 344 g/mol. The van der Waals surface area contributed by atoms with E-state index in [1.165, 1.54) is 14.0 Å². The van der Waals surface area contributed by atoms with Crippen molar-refractivity contribution in [1.82, 2.24) is 0 Å². The van der Waals surface area contributed by atoms with E-state index in [-0.39, 0.29) is 25.0 Å². The van der Waals surface area contributed by atoms with Crippen LogP contribution in [0, 0.1) is 0 Å². The summed E-state index contributed by atoms with van der Waals surface area (Å²) in [7, 11) is 3.06. The Morgan fingerprint density at radius 1 is 0.880 bits per heavy atom. The Kier molecular flexibility index (Phi) is 6.39. The zero-order valence-electron chi connectivity index (χ0n) is 14.4. The van der Waals surface area contributed by atoms with E-state index >= 15 is 0 Å². The Morgan fingerprint density at radius 3 is 2.16 bits per heavy atom. The number of benzene rings is 2. The van der Waals surface area contributed by atoms with Gasteiger partial charge in [0.1, 0.15) is 30.5 Å². The van der Waals surface area contributed by atoms with Crippen LogP contribution in [0.3, 0.4) is 0 Å². The maximum atomic E-state index is 12.7. The molecule has 2 aromatic carbocycles. The smallest absolute Gasteiger partial charge is 0.302 e. The van der Waals surface area contributed by atoms with Crippen molar-refractivity contribution in [2.45, 2.75) is 6.92 Å². The van der Waals surface area contributed by atoms with E-state index in [9.17, 15) is 9.59 Å². The molecule has 0 atom stereocenters. The van der Waals surface area contributed by atoms with Gasteiger partial charge >= 0.3 is 5.97 Å². The number of hydrogen-bond acceptors (Lipinski definition) is 6. The van der Waals surface area contributed by atoms with Gasteiger partial charge in [-0.05, 0) is 36.4 Å². The molecule has 0 aliphatic rings. The van der Waals surface area contributed by atoms with Gasteiger partial charge < -0.3 is 18.9 Å². The van der Waals surface area contributed by atoms with E-state index < -0.39 is 0 Å². The van der Waals surface area contributed by atoms with Gasteiger partial charge in [0.2, 0.25) is 0 Å². The predicted molar refractivity (Wildman–Crippen MR) is 91.5 cm³/mol. The lowest BCUT2D eigenvalue weighted by atomic mass is 10.0. The zero-order valence-corrected chi connectivity index (χ0v) is 14.4. The summed E-state index contributed by atoms with van der Waals surface area (Å²) >= 11 is 0. The molecule has 0 radical (unpaired) electrons. The number of ether oxygens (including phenoxy) is 4. The van der Waals surface area contributed by atoms with Crippen LogP contribution in [-0.4, -0.2) is 39.2 Å². The molecular weight excluding hydrogens is 324 g/mol. The molecule has 0 spiro atoms. The Balaban J connectivity index is 2.06. The second-order valence-corrected chi connectivity index (χ2v) is 5.11. The van der Waals surface area contributed by atoms with E-state index in [2.05, 4.69) is 0 Å². The van der Waals surface area contributed by atoms with E-state index in [1.807, 2.05) is 0 Å². The number of rotatable bonds is 8. The van der Waals surface area contributed by atoms with Crippen molar-refractivity contribution in [2.75, 3.05) is 27.4 Å². The first-order chi connectivity index (χ1) is 12.0. The summed E-state index contributed by atoms with van der Waals surface area (Å²) in [6, 6.07) is 11.8. The fourth-order valence-corrected chi connectivity index (χ4v) is 2.19. The topological polar surface area (TPSA) is 71.1 Å². The van der Waals surface area contributed by atoms with Crippen molar-refractivity contribution in [3.8, 4) is 17.2 Å². The molecule has 6 heteroatoms. The first kappa shape index (κ1) is 18.3. The highest BCUT2D eigenvalue weighted by molar-refractivity contribution is 6.10. The summed E-state index contributed by atoms with van der Waals surface area (Å²) in [5.41, 5.74) is 0.961. The highest BCUT2D eigenvalue weighted by Gasteiger charge is 2.15. The first-order valence-corrected chi connectivity index (χ1v) is 7.68. The minimum absolute atomic E-state index is 0.161. The molecular formula is C19H20O6. The number of ketones is 1. The van der Waals surface area contributed by atoms with Crippen molar-refractivity contribution in [1.29, 1.82) is 0 Å². The molecule has 25 heavy (non-hydrogen) atoms. The minimum Gasteiger partial charge on any atom is -0.497 e. The maximum Gasteiger partial charge on any atom is 0.302 e. The Labute approximate surface area is 146 Å². The highest BCUT2D eigenvalue weighted by Crippen LogP contribution is 2.27. The SMILES string of the molecule is COc1ccc(C(=O)c2ccc(OCCOC(C)=O)cc2)c(OC)c1. The number of methoxy groups -OCH3 is 2. The molecule has 0 aliphatic heterocycles. The Morgan fingerprint density at radius 2 is 1.56 bits per heavy atom. The van der Waals surface area contributed by atoms with Crippen LogP contribution in [0.2, 0.25) is 0 Å². The first-order valence-electron chi connectivity index (χ1n) is 7.68. The van der Waals surface area contributed by atoms with Crippen LogP contribution in [0.25, 0.3) is 0 Å². The van der Waals surface area contributed by atoms with Crippen molar-refractivity contribution in [3.63, 3.8) is 0 Å². The summed E-state index contributed by atoms with van der Waals surface area (Å²) in [5, 5.41) is 0. The molecule has 0 N–H and O–H groups in total. The second kappa shape index (κ2) is 8.73. The third-order valence-corrected chi connectivity index (χ3v) is 3.43. The summed E-state index contributed by atoms with van der Waals surface area (Å²) in [6.45, 7) is 1.77. The van der Waals surface area contributed by atoms with Crippen LogP contribution in [0.15, 0.2) is 42.5 Å². The van der Waals surface area contributed by atoms with E-state index in [4.69, 9.17) is 18.9 Å². The lowest BCUT2D eigenvalue weighted by molar-refractivity contribution is -0.141. The number of carbonyl (C=O) groups is 2. The third kappa shape index (κ3) is 4.97. The molecule has 132 valence electrons. The molecule has 0 aliphatic carbocycles. The molecule has 0 heterocycles. The molecule has 0 saturated heterocycles. The van der Waals surface area contributed by atoms with Crippen LogP contribution >= 0.6 is 0 Å². The maximum absolute atomic E-state index is 12.7. The van der Waals surface area contributed by atoms with Crippen LogP contribution in [-0.2, 0) is 9.53 Å². The van der Waals surface area contributed by atoms with Crippen molar-refractivity contribution in [3.05, 3.63) is 53.6 Å². The number of carbonyl (C=O) groups excluding carboxylic acids is 2. The summed E-state index contributed by atoms with van der Waals surface area (Å²) < 4.78 is 20.6. The van der Waals surface area contributed by atoms with Crippen molar-refractivity contribution in [2.24, 2.45) is 0 Å². The van der Waals surface area contributed by atoms with Gasteiger partial charge in [0.05, 0.1) is 19.8 Å². The van der Waals surface area contributed by atoms with Crippen molar-refractivity contribution >= 4 is 11.8 Å². The molecule has 0 saturated carbocycles. The van der Waals surface area contributed by atoms with Gasteiger partial charge in [0.25, 0.3) is 0 Å². The average molecular weight is 344 g/mol. The fourth-order valence-electron chi connectivity index (χ4n) is 2.19. The number of esters is 1. The highest BCUT2D eigenvalue weighted by atomic mass is 16.6. The van der Waals surface area contributed by atoms with E-state index in [0.29, 0.717) is 28.4 Å². The Bertz CT molecular complexity index is 736. The van der Waals surface area contributed by atoms with Gasteiger partial charge in [-0.1, -0.05) is 0 Å². The zero-order chi connectivity index (χ0) is 18.2. The lowest BCUT2D eigenvalue weighted by Gasteiger charge is -2.10. The molecule has 0 unspecified atom stereocenters. The van der Waals surface area contributed by atoms with E-state index in [0.717, 1.165) is 0 Å². The van der Waals surface area contributed by atoms with Gasteiger partial charge in [-0.3, -0.25) is 9.59 Å². The molecule has 0 bridgehead atoms. The quantitative estimate of drug-likeness (QED) is 0.417. The van der Waals surface area contributed by atoms with Gasteiger partial charge in [0.15, 0.2) is 5.78 Å². The Hall–Kier alpha value is -3.02. The van der Waals surface area contributed by atoms with Crippen LogP contribution in [0.1, 0.15) is 22.8 Å². The molecule has 6 nitrogen and oxygen atoms in total. The van der Waals surface area contributed by atoms with E-state index in [1.54, 1.807) is 49.6 Å². The fraction of sp³-hybridized carbons (Fsp3) is 0.263. The third-order valence-electron chi connectivity index (χ3n) is 3.43. The van der Waals surface area contributed by atoms with Gasteiger partial charge in [0, 0.05) is 18.6 Å². The van der Waals surface area contributed by atoms with Crippen molar-refractivity contribution < 1.29 is 28.5 Å².